The molecule has 1 aromatic heterocycles. The molecule has 0 unspecified atom stereocenters. The second-order valence-corrected chi connectivity index (χ2v) is 4.18. The van der Waals surface area contributed by atoms with Crippen LogP contribution in [-0.2, 0) is 6.54 Å². The standard InChI is InChI=1S/C14H16N2O2/c1-3-6-16-9-13(8-15-16)18-14-7-12(10-17)5-4-11(14)2/h4-5,7-10H,3,6H2,1-2H3. The first-order valence-corrected chi connectivity index (χ1v) is 5.99. The number of aromatic nitrogens is 2. The van der Waals surface area contributed by atoms with Crippen LogP contribution >= 0.6 is 0 Å². The van der Waals surface area contributed by atoms with E-state index in [1.54, 1.807) is 18.3 Å². The zero-order valence-electron chi connectivity index (χ0n) is 10.6. The average Bonchev–Trinajstić information content (AvgIpc) is 2.80. The van der Waals surface area contributed by atoms with Crippen molar-refractivity contribution in [2.45, 2.75) is 26.8 Å². The van der Waals surface area contributed by atoms with Crippen LogP contribution in [0.5, 0.6) is 11.5 Å². The summed E-state index contributed by atoms with van der Waals surface area (Å²) in [6, 6.07) is 5.38. The third-order valence-electron chi connectivity index (χ3n) is 2.64. The highest BCUT2D eigenvalue weighted by Gasteiger charge is 2.05. The molecule has 0 amide bonds. The Bertz CT molecular complexity index is 546. The maximum absolute atomic E-state index is 10.7. The topological polar surface area (TPSA) is 44.1 Å². The van der Waals surface area contributed by atoms with Crippen molar-refractivity contribution in [1.82, 2.24) is 9.78 Å². The maximum Gasteiger partial charge on any atom is 0.165 e. The number of carbonyl (C=O) groups excluding carboxylic acids is 1. The Kier molecular flexibility index (Phi) is 3.77. The van der Waals surface area contributed by atoms with Crippen molar-refractivity contribution in [3.05, 3.63) is 41.7 Å². The minimum absolute atomic E-state index is 0.608. The number of hydrogen-bond donors (Lipinski definition) is 0. The van der Waals surface area contributed by atoms with Gasteiger partial charge in [-0.05, 0) is 25.0 Å². The molecule has 1 heterocycles. The van der Waals surface area contributed by atoms with E-state index in [9.17, 15) is 4.79 Å². The molecule has 0 bridgehead atoms. The predicted octanol–water partition coefficient (Wildman–Crippen LogP) is 3.21. The third-order valence-corrected chi connectivity index (χ3v) is 2.64. The van der Waals surface area contributed by atoms with E-state index in [1.807, 2.05) is 23.9 Å². The van der Waals surface area contributed by atoms with Crippen LogP contribution in [0.25, 0.3) is 0 Å². The number of nitrogens with zero attached hydrogens (tertiary/aromatic N) is 2. The number of carbonyl (C=O) groups is 1. The van der Waals surface area contributed by atoms with Crippen LogP contribution in [0.15, 0.2) is 30.6 Å². The molecule has 0 radical (unpaired) electrons. The number of rotatable bonds is 5. The molecule has 18 heavy (non-hydrogen) atoms. The lowest BCUT2D eigenvalue weighted by molar-refractivity contribution is 0.112. The van der Waals surface area contributed by atoms with E-state index < -0.39 is 0 Å². The van der Waals surface area contributed by atoms with Gasteiger partial charge in [0.25, 0.3) is 0 Å². The summed E-state index contributed by atoms with van der Waals surface area (Å²) in [6.45, 7) is 4.91. The summed E-state index contributed by atoms with van der Waals surface area (Å²) in [4.78, 5) is 10.7. The van der Waals surface area contributed by atoms with Gasteiger partial charge in [-0.2, -0.15) is 5.10 Å². The van der Waals surface area contributed by atoms with Crippen LogP contribution in [0.3, 0.4) is 0 Å². The fourth-order valence-electron chi connectivity index (χ4n) is 1.68. The van der Waals surface area contributed by atoms with Crippen molar-refractivity contribution in [3.8, 4) is 11.5 Å². The van der Waals surface area contributed by atoms with Crippen LogP contribution in [0.2, 0.25) is 0 Å². The van der Waals surface area contributed by atoms with Gasteiger partial charge in [0.1, 0.15) is 12.0 Å². The van der Waals surface area contributed by atoms with Crippen LogP contribution in [0.1, 0.15) is 29.3 Å². The van der Waals surface area contributed by atoms with Gasteiger partial charge in [-0.1, -0.05) is 19.1 Å². The van der Waals surface area contributed by atoms with Gasteiger partial charge in [-0.15, -0.1) is 0 Å². The number of aryl methyl sites for hydroxylation is 2. The summed E-state index contributed by atoms with van der Waals surface area (Å²) in [5.74, 6) is 1.38. The molecule has 4 nitrogen and oxygen atoms in total. The quantitative estimate of drug-likeness (QED) is 0.758. The number of ether oxygens (including phenoxy) is 1. The summed E-state index contributed by atoms with van der Waals surface area (Å²) in [6.07, 6.45) is 5.38. The van der Waals surface area contributed by atoms with Crippen molar-refractivity contribution < 1.29 is 9.53 Å². The van der Waals surface area contributed by atoms with Gasteiger partial charge in [0.2, 0.25) is 0 Å². The lowest BCUT2D eigenvalue weighted by Gasteiger charge is -2.06. The Morgan fingerprint density at radius 1 is 1.44 bits per heavy atom. The van der Waals surface area contributed by atoms with E-state index in [0.29, 0.717) is 17.1 Å². The minimum Gasteiger partial charge on any atom is -0.454 e. The average molecular weight is 244 g/mol. The minimum atomic E-state index is 0.608. The first-order valence-electron chi connectivity index (χ1n) is 5.99. The smallest absolute Gasteiger partial charge is 0.165 e. The Labute approximate surface area is 106 Å². The van der Waals surface area contributed by atoms with E-state index in [4.69, 9.17) is 4.74 Å². The molecular weight excluding hydrogens is 228 g/mol. The van der Waals surface area contributed by atoms with Crippen molar-refractivity contribution in [3.63, 3.8) is 0 Å². The Balaban J connectivity index is 2.19. The van der Waals surface area contributed by atoms with Crippen molar-refractivity contribution in [2.24, 2.45) is 0 Å². The lowest BCUT2D eigenvalue weighted by Crippen LogP contribution is -1.95. The number of aldehydes is 1. The Hall–Kier alpha value is -2.10. The van der Waals surface area contributed by atoms with E-state index in [2.05, 4.69) is 12.0 Å². The predicted molar refractivity (Wildman–Crippen MR) is 69.2 cm³/mol. The fourth-order valence-corrected chi connectivity index (χ4v) is 1.68. The van der Waals surface area contributed by atoms with Crippen molar-refractivity contribution in [1.29, 1.82) is 0 Å². The van der Waals surface area contributed by atoms with Gasteiger partial charge in [-0.25, -0.2) is 0 Å². The van der Waals surface area contributed by atoms with E-state index >= 15 is 0 Å². The SMILES string of the molecule is CCCn1cc(Oc2cc(C=O)ccc2C)cn1. The van der Waals surface area contributed by atoms with Crippen molar-refractivity contribution in [2.75, 3.05) is 0 Å². The van der Waals surface area contributed by atoms with Gasteiger partial charge < -0.3 is 4.74 Å². The highest BCUT2D eigenvalue weighted by molar-refractivity contribution is 5.75. The largest absolute Gasteiger partial charge is 0.454 e. The van der Waals surface area contributed by atoms with Gasteiger partial charge in [0, 0.05) is 12.1 Å². The highest BCUT2D eigenvalue weighted by atomic mass is 16.5. The molecule has 0 fully saturated rings. The Morgan fingerprint density at radius 3 is 3.00 bits per heavy atom. The van der Waals surface area contributed by atoms with Crippen LogP contribution < -0.4 is 4.74 Å². The van der Waals surface area contributed by atoms with Gasteiger partial charge >= 0.3 is 0 Å². The Morgan fingerprint density at radius 2 is 2.28 bits per heavy atom. The highest BCUT2D eigenvalue weighted by Crippen LogP contribution is 2.25. The lowest BCUT2D eigenvalue weighted by atomic mass is 10.1. The van der Waals surface area contributed by atoms with Crippen LogP contribution in [0.4, 0.5) is 0 Å². The summed E-state index contributed by atoms with van der Waals surface area (Å²) < 4.78 is 7.58. The maximum atomic E-state index is 10.7. The van der Waals surface area contributed by atoms with Crippen molar-refractivity contribution >= 4 is 6.29 Å². The van der Waals surface area contributed by atoms with E-state index in [1.165, 1.54) is 0 Å². The molecule has 0 saturated carbocycles. The molecule has 0 aliphatic carbocycles. The normalized spacial score (nSPS) is 10.3. The second-order valence-electron chi connectivity index (χ2n) is 4.18. The van der Waals surface area contributed by atoms with Crippen LogP contribution in [0, 0.1) is 6.92 Å². The molecular formula is C14H16N2O2. The van der Waals surface area contributed by atoms with Gasteiger partial charge in [0.15, 0.2) is 5.75 Å². The first-order chi connectivity index (χ1) is 8.72. The molecule has 0 N–H and O–H groups in total. The summed E-state index contributed by atoms with van der Waals surface area (Å²) >= 11 is 0. The monoisotopic (exact) mass is 244 g/mol. The fraction of sp³-hybridized carbons (Fsp3) is 0.286. The first kappa shape index (κ1) is 12.4. The van der Waals surface area contributed by atoms with Gasteiger partial charge in [-0.3, -0.25) is 9.48 Å². The van der Waals surface area contributed by atoms with E-state index in [-0.39, 0.29) is 0 Å². The van der Waals surface area contributed by atoms with Crippen LogP contribution in [-0.4, -0.2) is 16.1 Å². The molecule has 0 aliphatic heterocycles. The van der Waals surface area contributed by atoms with E-state index in [0.717, 1.165) is 24.8 Å². The zero-order chi connectivity index (χ0) is 13.0. The molecule has 0 spiro atoms. The third kappa shape index (κ3) is 2.77. The summed E-state index contributed by atoms with van der Waals surface area (Å²) in [5, 5.41) is 4.20. The number of hydrogen-bond acceptors (Lipinski definition) is 3. The molecule has 94 valence electrons. The number of benzene rings is 1. The van der Waals surface area contributed by atoms with Gasteiger partial charge in [0.05, 0.1) is 12.4 Å². The molecule has 0 saturated heterocycles. The molecule has 4 heteroatoms. The second kappa shape index (κ2) is 5.49. The molecule has 0 atom stereocenters. The summed E-state index contributed by atoms with van der Waals surface area (Å²) in [5.41, 5.74) is 1.60. The zero-order valence-corrected chi connectivity index (χ0v) is 10.6. The molecule has 2 aromatic rings. The summed E-state index contributed by atoms with van der Waals surface area (Å²) in [7, 11) is 0. The molecule has 2 rings (SSSR count). The molecule has 1 aromatic carbocycles. The molecule has 0 aliphatic rings.